The lowest BCUT2D eigenvalue weighted by Gasteiger charge is -2.29. The first-order valence-electron chi connectivity index (χ1n) is 8.63. The first-order chi connectivity index (χ1) is 12.9. The van der Waals surface area contributed by atoms with E-state index < -0.39 is 0 Å². The molecule has 3 aromatic rings. The highest BCUT2D eigenvalue weighted by Crippen LogP contribution is 2.42. The SMILES string of the molecule is COc1ccc2c(=O)c(-c3ccc4c(c3OC)C=CC(C)(C)O4)coc2c1. The highest BCUT2D eigenvalue weighted by Gasteiger charge is 2.26. The van der Waals surface area contributed by atoms with Crippen LogP contribution in [0.5, 0.6) is 17.2 Å². The van der Waals surface area contributed by atoms with Crippen LogP contribution < -0.4 is 19.6 Å². The minimum Gasteiger partial charge on any atom is -0.497 e. The second-order valence-corrected chi connectivity index (χ2v) is 6.94. The summed E-state index contributed by atoms with van der Waals surface area (Å²) in [5, 5.41) is 0.487. The van der Waals surface area contributed by atoms with Crippen molar-refractivity contribution in [2.24, 2.45) is 0 Å². The van der Waals surface area contributed by atoms with E-state index >= 15 is 0 Å². The molecule has 2 heterocycles. The van der Waals surface area contributed by atoms with Crippen LogP contribution in [0.3, 0.4) is 0 Å². The van der Waals surface area contributed by atoms with E-state index in [1.807, 2.05) is 38.1 Å². The normalized spacial score (nSPS) is 14.5. The maximum Gasteiger partial charge on any atom is 0.200 e. The smallest absolute Gasteiger partial charge is 0.200 e. The fraction of sp³-hybridized carbons (Fsp3) is 0.227. The van der Waals surface area contributed by atoms with Gasteiger partial charge in [0.15, 0.2) is 0 Å². The first-order valence-corrected chi connectivity index (χ1v) is 8.63. The molecule has 0 atom stereocenters. The lowest BCUT2D eigenvalue weighted by Crippen LogP contribution is -2.27. The zero-order valence-corrected chi connectivity index (χ0v) is 15.7. The molecule has 0 spiro atoms. The third-order valence-electron chi connectivity index (χ3n) is 4.66. The van der Waals surface area contributed by atoms with Gasteiger partial charge in [0.1, 0.15) is 34.7 Å². The molecule has 4 rings (SSSR count). The number of ether oxygens (including phenoxy) is 3. The number of benzene rings is 2. The van der Waals surface area contributed by atoms with Crippen molar-refractivity contribution in [3.63, 3.8) is 0 Å². The van der Waals surface area contributed by atoms with E-state index in [-0.39, 0.29) is 11.0 Å². The Bertz CT molecular complexity index is 1120. The van der Waals surface area contributed by atoms with Crippen molar-refractivity contribution >= 4 is 17.0 Å². The van der Waals surface area contributed by atoms with Gasteiger partial charge < -0.3 is 18.6 Å². The summed E-state index contributed by atoms with van der Waals surface area (Å²) < 4.78 is 22.5. The molecule has 0 saturated carbocycles. The van der Waals surface area contributed by atoms with Gasteiger partial charge in [-0.05, 0) is 50.3 Å². The van der Waals surface area contributed by atoms with Gasteiger partial charge in [-0.2, -0.15) is 0 Å². The second kappa shape index (κ2) is 6.20. The predicted octanol–water partition coefficient (Wildman–Crippen LogP) is 4.66. The zero-order valence-electron chi connectivity index (χ0n) is 15.7. The molecule has 5 nitrogen and oxygen atoms in total. The molecule has 0 aliphatic carbocycles. The summed E-state index contributed by atoms with van der Waals surface area (Å²) in [6, 6.07) is 8.83. The van der Waals surface area contributed by atoms with Gasteiger partial charge in [-0.1, -0.05) is 0 Å². The Morgan fingerprint density at radius 2 is 1.81 bits per heavy atom. The minimum atomic E-state index is -0.388. The molecule has 0 amide bonds. The van der Waals surface area contributed by atoms with Crippen molar-refractivity contribution in [1.82, 2.24) is 0 Å². The van der Waals surface area contributed by atoms with Crippen molar-refractivity contribution in [2.75, 3.05) is 14.2 Å². The first kappa shape index (κ1) is 17.2. The molecule has 2 aromatic carbocycles. The maximum atomic E-state index is 13.1. The van der Waals surface area contributed by atoms with Gasteiger partial charge in [-0.25, -0.2) is 0 Å². The topological polar surface area (TPSA) is 57.9 Å². The quantitative estimate of drug-likeness (QED) is 0.676. The number of rotatable bonds is 3. The zero-order chi connectivity index (χ0) is 19.2. The van der Waals surface area contributed by atoms with E-state index in [1.165, 1.54) is 6.26 Å². The van der Waals surface area contributed by atoms with Crippen molar-refractivity contribution in [3.05, 3.63) is 58.5 Å². The average Bonchev–Trinajstić information content (AvgIpc) is 2.66. The van der Waals surface area contributed by atoms with Crippen molar-refractivity contribution in [3.8, 4) is 28.4 Å². The van der Waals surface area contributed by atoms with Crippen molar-refractivity contribution in [1.29, 1.82) is 0 Å². The number of hydrogen-bond acceptors (Lipinski definition) is 5. The Balaban J connectivity index is 1.92. The fourth-order valence-electron chi connectivity index (χ4n) is 3.28. The Labute approximate surface area is 156 Å². The summed E-state index contributed by atoms with van der Waals surface area (Å²) in [6.45, 7) is 3.97. The van der Waals surface area contributed by atoms with Crippen LogP contribution in [0, 0.1) is 0 Å². The molecule has 0 unspecified atom stereocenters. The third kappa shape index (κ3) is 2.85. The Morgan fingerprint density at radius 1 is 1.00 bits per heavy atom. The number of methoxy groups -OCH3 is 2. The molecule has 1 aliphatic heterocycles. The van der Waals surface area contributed by atoms with Crippen molar-refractivity contribution < 1.29 is 18.6 Å². The van der Waals surface area contributed by atoms with Crippen LogP contribution in [0.1, 0.15) is 19.4 Å². The summed E-state index contributed by atoms with van der Waals surface area (Å²) in [6.07, 6.45) is 5.40. The van der Waals surface area contributed by atoms with Crippen LogP contribution >= 0.6 is 0 Å². The summed E-state index contributed by atoms with van der Waals surface area (Å²) in [5.41, 5.74) is 1.87. The number of fused-ring (bicyclic) bond motifs is 2. The molecular weight excluding hydrogens is 344 g/mol. The van der Waals surface area contributed by atoms with E-state index in [0.29, 0.717) is 33.6 Å². The van der Waals surface area contributed by atoms with Crippen LogP contribution in [0.15, 0.2) is 51.9 Å². The standard InChI is InChI=1S/C22H20O5/c1-22(2)10-9-16-18(27-22)8-7-14(21(16)25-4)17-12-26-19-11-13(24-3)5-6-15(19)20(17)23/h5-12H,1-4H3. The van der Waals surface area contributed by atoms with E-state index in [1.54, 1.807) is 32.4 Å². The Morgan fingerprint density at radius 3 is 2.56 bits per heavy atom. The molecule has 1 aromatic heterocycles. The summed E-state index contributed by atoms with van der Waals surface area (Å²) in [4.78, 5) is 13.1. The Kier molecular flexibility index (Phi) is 3.95. The lowest BCUT2D eigenvalue weighted by atomic mass is 9.96. The molecule has 138 valence electrons. The molecule has 5 heteroatoms. The van der Waals surface area contributed by atoms with Crippen molar-refractivity contribution in [2.45, 2.75) is 19.4 Å². The highest BCUT2D eigenvalue weighted by molar-refractivity contribution is 5.86. The van der Waals surface area contributed by atoms with Crippen LogP contribution in [-0.4, -0.2) is 19.8 Å². The predicted molar refractivity (Wildman–Crippen MR) is 105 cm³/mol. The van der Waals surface area contributed by atoms with Gasteiger partial charge >= 0.3 is 0 Å². The fourth-order valence-corrected chi connectivity index (χ4v) is 3.28. The van der Waals surface area contributed by atoms with Crippen LogP contribution in [0.2, 0.25) is 0 Å². The molecule has 0 N–H and O–H groups in total. The molecule has 1 aliphatic rings. The third-order valence-corrected chi connectivity index (χ3v) is 4.66. The van der Waals surface area contributed by atoms with Crippen LogP contribution in [-0.2, 0) is 0 Å². The van der Waals surface area contributed by atoms with Gasteiger partial charge in [0, 0.05) is 11.6 Å². The molecule has 0 bridgehead atoms. The van der Waals surface area contributed by atoms with E-state index in [0.717, 1.165) is 11.3 Å². The number of hydrogen-bond donors (Lipinski definition) is 0. The van der Waals surface area contributed by atoms with E-state index in [4.69, 9.17) is 18.6 Å². The molecule has 0 fully saturated rings. The van der Waals surface area contributed by atoms with Crippen LogP contribution in [0.4, 0.5) is 0 Å². The summed E-state index contributed by atoms with van der Waals surface area (Å²) >= 11 is 0. The maximum absolute atomic E-state index is 13.1. The summed E-state index contributed by atoms with van der Waals surface area (Å²) in [7, 11) is 3.16. The van der Waals surface area contributed by atoms with E-state index in [2.05, 4.69) is 0 Å². The molecule has 0 saturated heterocycles. The van der Waals surface area contributed by atoms with Gasteiger partial charge in [0.05, 0.1) is 30.7 Å². The van der Waals surface area contributed by atoms with E-state index in [9.17, 15) is 4.79 Å². The average molecular weight is 364 g/mol. The molecular formula is C22H20O5. The Hall–Kier alpha value is -3.21. The lowest BCUT2D eigenvalue weighted by molar-refractivity contribution is 0.158. The van der Waals surface area contributed by atoms with Gasteiger partial charge in [-0.3, -0.25) is 4.79 Å². The molecule has 0 radical (unpaired) electrons. The van der Waals surface area contributed by atoms with Gasteiger partial charge in [0.2, 0.25) is 5.43 Å². The monoisotopic (exact) mass is 364 g/mol. The van der Waals surface area contributed by atoms with Gasteiger partial charge in [0.25, 0.3) is 0 Å². The summed E-state index contributed by atoms with van der Waals surface area (Å²) in [5.74, 6) is 1.94. The minimum absolute atomic E-state index is 0.127. The van der Waals surface area contributed by atoms with Gasteiger partial charge in [-0.15, -0.1) is 0 Å². The molecule has 27 heavy (non-hydrogen) atoms. The highest BCUT2D eigenvalue weighted by atomic mass is 16.5. The van der Waals surface area contributed by atoms with Crippen LogP contribution in [0.25, 0.3) is 28.2 Å². The second-order valence-electron chi connectivity index (χ2n) is 6.94. The largest absolute Gasteiger partial charge is 0.497 e.